The molecule has 0 saturated carbocycles. The Balaban J connectivity index is 2.20. The van der Waals surface area contributed by atoms with Crippen molar-refractivity contribution in [1.82, 2.24) is 10.2 Å². The molecule has 192 valence electrons. The third kappa shape index (κ3) is 8.30. The molecular weight excluding hydrogens is 513 g/mol. The Morgan fingerprint density at radius 3 is 2.46 bits per heavy atom. The van der Waals surface area contributed by atoms with E-state index in [9.17, 15) is 18.0 Å². The minimum Gasteiger partial charge on any atom is -0.497 e. The molecule has 2 amide bonds. The number of rotatable bonds is 12. The number of ether oxygens (including phenoxy) is 1. The first-order chi connectivity index (χ1) is 16.5. The molecule has 0 bridgehead atoms. The molecule has 0 aliphatic rings. The molecule has 8 nitrogen and oxygen atoms in total. The third-order valence-electron chi connectivity index (χ3n) is 5.37. The van der Waals surface area contributed by atoms with E-state index < -0.39 is 16.1 Å². The van der Waals surface area contributed by atoms with Gasteiger partial charge in [0.15, 0.2) is 0 Å². The van der Waals surface area contributed by atoms with Gasteiger partial charge in [-0.15, -0.1) is 0 Å². The number of carbonyl (C=O) groups is 2. The normalized spacial score (nSPS) is 12.1. The fourth-order valence-corrected chi connectivity index (χ4v) is 4.93. The minimum absolute atomic E-state index is 0.0327. The van der Waals surface area contributed by atoms with Gasteiger partial charge < -0.3 is 15.0 Å². The van der Waals surface area contributed by atoms with Crippen molar-refractivity contribution < 1.29 is 22.7 Å². The molecule has 0 fully saturated rings. The van der Waals surface area contributed by atoms with Crippen LogP contribution in [0.4, 0.5) is 5.69 Å². The highest BCUT2D eigenvalue weighted by atomic mass is 35.5. The highest BCUT2D eigenvalue weighted by molar-refractivity contribution is 7.92. The second kappa shape index (κ2) is 13.0. The Morgan fingerprint density at radius 1 is 1.14 bits per heavy atom. The summed E-state index contributed by atoms with van der Waals surface area (Å²) >= 11 is 12.3. The summed E-state index contributed by atoms with van der Waals surface area (Å²) < 4.78 is 31.3. The molecule has 2 aromatic carbocycles. The van der Waals surface area contributed by atoms with E-state index in [0.29, 0.717) is 33.6 Å². The summed E-state index contributed by atoms with van der Waals surface area (Å²) in [7, 11) is -2.10. The van der Waals surface area contributed by atoms with Crippen molar-refractivity contribution in [3.05, 3.63) is 58.1 Å². The highest BCUT2D eigenvalue weighted by Gasteiger charge is 2.27. The number of carbonyl (C=O) groups excluding carboxylic acids is 2. The summed E-state index contributed by atoms with van der Waals surface area (Å²) in [6, 6.07) is 10.9. The number of nitrogens with one attached hydrogen (secondary N) is 1. The predicted molar refractivity (Wildman–Crippen MR) is 140 cm³/mol. The van der Waals surface area contributed by atoms with Gasteiger partial charge >= 0.3 is 0 Å². The summed E-state index contributed by atoms with van der Waals surface area (Å²) in [6.07, 6.45) is 1.39. The maximum Gasteiger partial charge on any atom is 0.242 e. The first-order valence-electron chi connectivity index (χ1n) is 11.1. The number of benzene rings is 2. The second-order valence-electron chi connectivity index (χ2n) is 7.97. The van der Waals surface area contributed by atoms with E-state index in [1.54, 1.807) is 56.3 Å². The number of halogens is 2. The molecule has 0 aromatic heterocycles. The first-order valence-corrected chi connectivity index (χ1v) is 13.7. The third-order valence-corrected chi connectivity index (χ3v) is 7.15. The van der Waals surface area contributed by atoms with Gasteiger partial charge in [-0.05, 0) is 50.1 Å². The second-order valence-corrected chi connectivity index (χ2v) is 10.7. The Hall–Kier alpha value is -2.49. The summed E-state index contributed by atoms with van der Waals surface area (Å²) in [5, 5.41) is 3.58. The van der Waals surface area contributed by atoms with E-state index in [4.69, 9.17) is 27.9 Å². The van der Waals surface area contributed by atoms with E-state index in [1.165, 1.54) is 16.3 Å². The standard InChI is InChI=1S/C24H31Cl2N3O5S/c1-5-27-24(31)17(2)28(16-18-11-12-19(25)14-22(18)26)23(30)10-7-13-29(35(4,32)33)20-8-6-9-21(15-20)34-3/h6,8-9,11-12,14-15,17H,5,7,10,13,16H2,1-4H3,(H,27,31). The molecule has 1 unspecified atom stereocenters. The molecule has 1 N–H and O–H groups in total. The fourth-order valence-electron chi connectivity index (χ4n) is 3.51. The van der Waals surface area contributed by atoms with Crippen LogP contribution in [-0.2, 0) is 26.2 Å². The van der Waals surface area contributed by atoms with Crippen molar-refractivity contribution in [3.63, 3.8) is 0 Å². The zero-order valence-corrected chi connectivity index (χ0v) is 22.6. The number of amides is 2. The summed E-state index contributed by atoms with van der Waals surface area (Å²) in [6.45, 7) is 4.06. The van der Waals surface area contributed by atoms with Crippen LogP contribution in [0, 0.1) is 0 Å². The van der Waals surface area contributed by atoms with Gasteiger partial charge in [0.05, 0.1) is 19.1 Å². The monoisotopic (exact) mass is 543 g/mol. The molecule has 0 aliphatic carbocycles. The average molecular weight is 545 g/mol. The predicted octanol–water partition coefficient (Wildman–Crippen LogP) is 4.10. The van der Waals surface area contributed by atoms with Crippen LogP contribution in [0.1, 0.15) is 32.3 Å². The van der Waals surface area contributed by atoms with Crippen molar-refractivity contribution in [2.75, 3.05) is 30.8 Å². The van der Waals surface area contributed by atoms with Gasteiger partial charge in [-0.1, -0.05) is 35.3 Å². The SMILES string of the molecule is CCNC(=O)C(C)N(Cc1ccc(Cl)cc1Cl)C(=O)CCCN(c1cccc(OC)c1)S(C)(=O)=O. The van der Waals surface area contributed by atoms with E-state index in [2.05, 4.69) is 5.32 Å². The Bertz CT molecular complexity index is 1140. The van der Waals surface area contributed by atoms with E-state index in [1.807, 2.05) is 0 Å². The smallest absolute Gasteiger partial charge is 0.242 e. The van der Waals surface area contributed by atoms with Gasteiger partial charge in [-0.25, -0.2) is 8.42 Å². The van der Waals surface area contributed by atoms with Gasteiger partial charge in [-0.3, -0.25) is 13.9 Å². The van der Waals surface area contributed by atoms with Crippen LogP contribution >= 0.6 is 23.2 Å². The molecule has 0 radical (unpaired) electrons. The minimum atomic E-state index is -3.60. The van der Waals surface area contributed by atoms with E-state index >= 15 is 0 Å². The maximum atomic E-state index is 13.2. The fraction of sp³-hybridized carbons (Fsp3) is 0.417. The van der Waals surface area contributed by atoms with Crippen molar-refractivity contribution in [2.45, 2.75) is 39.3 Å². The molecule has 2 aromatic rings. The molecule has 1 atom stereocenters. The van der Waals surface area contributed by atoms with Gasteiger partial charge in [0, 0.05) is 42.2 Å². The molecule has 0 saturated heterocycles. The van der Waals surface area contributed by atoms with Crippen LogP contribution in [0.3, 0.4) is 0 Å². The van der Waals surface area contributed by atoms with Gasteiger partial charge in [0.2, 0.25) is 21.8 Å². The Kier molecular flexibility index (Phi) is 10.7. The van der Waals surface area contributed by atoms with Crippen molar-refractivity contribution in [1.29, 1.82) is 0 Å². The molecule has 0 heterocycles. The van der Waals surface area contributed by atoms with Gasteiger partial charge in [-0.2, -0.15) is 0 Å². The van der Waals surface area contributed by atoms with Crippen LogP contribution in [0.2, 0.25) is 10.0 Å². The van der Waals surface area contributed by atoms with E-state index in [-0.39, 0.29) is 37.7 Å². The van der Waals surface area contributed by atoms with Crippen LogP contribution in [0.5, 0.6) is 5.75 Å². The lowest BCUT2D eigenvalue weighted by Crippen LogP contribution is -2.47. The number of methoxy groups -OCH3 is 1. The Labute approximate surface area is 217 Å². The summed E-state index contributed by atoms with van der Waals surface area (Å²) in [5.41, 5.74) is 1.09. The number of hydrogen-bond donors (Lipinski definition) is 1. The lowest BCUT2D eigenvalue weighted by atomic mass is 10.1. The first kappa shape index (κ1) is 28.7. The summed E-state index contributed by atoms with van der Waals surface area (Å²) in [5.74, 6) is -0.0667. The zero-order valence-electron chi connectivity index (χ0n) is 20.3. The molecular formula is C24H31Cl2N3O5S. The zero-order chi connectivity index (χ0) is 26.2. The van der Waals surface area contributed by atoms with Crippen molar-refractivity contribution in [3.8, 4) is 5.75 Å². The lowest BCUT2D eigenvalue weighted by Gasteiger charge is -2.29. The largest absolute Gasteiger partial charge is 0.497 e. The van der Waals surface area contributed by atoms with Gasteiger partial charge in [0.1, 0.15) is 11.8 Å². The molecule has 0 aliphatic heterocycles. The topological polar surface area (TPSA) is 96.0 Å². The number of nitrogens with zero attached hydrogens (tertiary/aromatic N) is 2. The number of likely N-dealkylation sites (N-methyl/N-ethyl adjacent to an activating group) is 1. The molecule has 2 rings (SSSR count). The van der Waals surface area contributed by atoms with E-state index in [0.717, 1.165) is 6.26 Å². The highest BCUT2D eigenvalue weighted by Crippen LogP contribution is 2.25. The lowest BCUT2D eigenvalue weighted by molar-refractivity contribution is -0.140. The van der Waals surface area contributed by atoms with Crippen LogP contribution < -0.4 is 14.4 Å². The molecule has 11 heteroatoms. The van der Waals surface area contributed by atoms with Crippen LogP contribution in [-0.4, -0.2) is 57.6 Å². The average Bonchev–Trinajstić information content (AvgIpc) is 2.80. The van der Waals surface area contributed by atoms with Crippen molar-refractivity contribution in [2.24, 2.45) is 0 Å². The van der Waals surface area contributed by atoms with Crippen LogP contribution in [0.15, 0.2) is 42.5 Å². The quantitative estimate of drug-likeness (QED) is 0.434. The number of anilines is 1. The Morgan fingerprint density at radius 2 is 1.86 bits per heavy atom. The van der Waals surface area contributed by atoms with Gasteiger partial charge in [0.25, 0.3) is 0 Å². The van der Waals surface area contributed by atoms with Crippen LogP contribution in [0.25, 0.3) is 0 Å². The maximum absolute atomic E-state index is 13.2. The van der Waals surface area contributed by atoms with Crippen molar-refractivity contribution >= 4 is 50.7 Å². The summed E-state index contributed by atoms with van der Waals surface area (Å²) in [4.78, 5) is 27.2. The number of hydrogen-bond acceptors (Lipinski definition) is 5. The molecule has 0 spiro atoms. The number of sulfonamides is 1. The molecule has 35 heavy (non-hydrogen) atoms.